The highest BCUT2D eigenvalue weighted by Gasteiger charge is 2.41. The fourth-order valence-electron chi connectivity index (χ4n) is 4.66. The lowest BCUT2D eigenvalue weighted by Gasteiger charge is -2.35. The van der Waals surface area contributed by atoms with Crippen molar-refractivity contribution in [1.82, 2.24) is 4.90 Å². The summed E-state index contributed by atoms with van der Waals surface area (Å²) in [6.45, 7) is 13.2. The summed E-state index contributed by atoms with van der Waals surface area (Å²) in [6.07, 6.45) is 14.5. The molecule has 3 atom stereocenters. The molecule has 3 unspecified atom stereocenters. The Morgan fingerprint density at radius 1 is 1.26 bits per heavy atom. The number of rotatable bonds is 8. The Bertz CT molecular complexity index is 520. The lowest BCUT2D eigenvalue weighted by molar-refractivity contribution is 0.278. The van der Waals surface area contributed by atoms with Crippen LogP contribution in [0.5, 0.6) is 0 Å². The first kappa shape index (κ1) is 18.1. The van der Waals surface area contributed by atoms with E-state index in [0.29, 0.717) is 6.04 Å². The first-order valence-electron chi connectivity index (χ1n) is 9.51. The van der Waals surface area contributed by atoms with Gasteiger partial charge in [-0.05, 0) is 75.0 Å². The summed E-state index contributed by atoms with van der Waals surface area (Å²) in [4.78, 5) is 2.56. The fourth-order valence-corrected chi connectivity index (χ4v) is 4.66. The molecule has 2 bridgehead atoms. The smallest absolute Gasteiger partial charge is 0.0404 e. The molecule has 2 rings (SSSR count). The van der Waals surface area contributed by atoms with Crippen molar-refractivity contribution < 1.29 is 0 Å². The molecule has 0 heterocycles. The van der Waals surface area contributed by atoms with Gasteiger partial charge in [-0.15, -0.1) is 0 Å². The predicted octanol–water partition coefficient (Wildman–Crippen LogP) is 6.26. The van der Waals surface area contributed by atoms with Gasteiger partial charge in [-0.3, -0.25) is 0 Å². The van der Waals surface area contributed by atoms with Crippen molar-refractivity contribution in [2.45, 2.75) is 72.3 Å². The van der Waals surface area contributed by atoms with Gasteiger partial charge in [-0.25, -0.2) is 0 Å². The maximum atomic E-state index is 4.31. The van der Waals surface area contributed by atoms with E-state index in [4.69, 9.17) is 0 Å². The first-order chi connectivity index (χ1) is 11.0. The van der Waals surface area contributed by atoms with Gasteiger partial charge in [-0.2, -0.15) is 0 Å². The van der Waals surface area contributed by atoms with Crippen LogP contribution in [0.2, 0.25) is 0 Å². The minimum atomic E-state index is 0.634. The van der Waals surface area contributed by atoms with Gasteiger partial charge in [0.2, 0.25) is 0 Å². The van der Waals surface area contributed by atoms with Crippen LogP contribution in [-0.2, 0) is 0 Å². The van der Waals surface area contributed by atoms with Crippen molar-refractivity contribution in [3.05, 3.63) is 47.2 Å². The number of hydrogen-bond acceptors (Lipinski definition) is 1. The monoisotopic (exact) mass is 313 g/mol. The highest BCUT2D eigenvalue weighted by molar-refractivity contribution is 5.51. The second-order valence-corrected chi connectivity index (χ2v) is 7.35. The summed E-state index contributed by atoms with van der Waals surface area (Å²) < 4.78 is 0. The van der Waals surface area contributed by atoms with Gasteiger partial charge < -0.3 is 4.90 Å². The van der Waals surface area contributed by atoms with E-state index in [1.54, 1.807) is 11.1 Å². The molecular weight excluding hydrogens is 278 g/mol. The SMILES string of the molecule is C=C(C)C1=C(/C(=C/C=CC)N(C)C(CC)CCC)C2CCC1C2. The minimum Gasteiger partial charge on any atom is -0.371 e. The zero-order chi connectivity index (χ0) is 17.0. The van der Waals surface area contributed by atoms with Gasteiger partial charge >= 0.3 is 0 Å². The van der Waals surface area contributed by atoms with Crippen LogP contribution in [0.15, 0.2) is 47.2 Å². The van der Waals surface area contributed by atoms with E-state index in [1.807, 2.05) is 0 Å². The Balaban J connectivity index is 2.44. The molecule has 0 saturated heterocycles. The van der Waals surface area contributed by atoms with E-state index in [9.17, 15) is 0 Å². The summed E-state index contributed by atoms with van der Waals surface area (Å²) in [5.41, 5.74) is 5.93. The molecule has 0 aromatic carbocycles. The molecule has 0 spiro atoms. The molecule has 1 nitrogen and oxygen atoms in total. The van der Waals surface area contributed by atoms with Crippen LogP contribution in [0.1, 0.15) is 66.2 Å². The summed E-state index contributed by atoms with van der Waals surface area (Å²) in [6, 6.07) is 0.634. The van der Waals surface area contributed by atoms with Gasteiger partial charge in [0, 0.05) is 18.8 Å². The lowest BCUT2D eigenvalue weighted by Crippen LogP contribution is -2.32. The molecular formula is C22H35N. The molecule has 2 aliphatic rings. The number of likely N-dealkylation sites (N-methyl/N-ethyl adjacent to an activating group) is 1. The van der Waals surface area contributed by atoms with E-state index >= 15 is 0 Å². The highest BCUT2D eigenvalue weighted by atomic mass is 15.1. The third-order valence-corrected chi connectivity index (χ3v) is 5.74. The third kappa shape index (κ3) is 3.65. The van der Waals surface area contributed by atoms with Gasteiger partial charge in [-0.1, -0.05) is 44.6 Å². The Morgan fingerprint density at radius 3 is 2.43 bits per heavy atom. The number of allylic oxidation sites excluding steroid dienone is 6. The van der Waals surface area contributed by atoms with Crippen LogP contribution >= 0.6 is 0 Å². The molecule has 1 heteroatoms. The molecule has 1 saturated carbocycles. The van der Waals surface area contributed by atoms with E-state index in [2.05, 4.69) is 64.4 Å². The van der Waals surface area contributed by atoms with Crippen LogP contribution in [-0.4, -0.2) is 18.0 Å². The Hall–Kier alpha value is -1.24. The number of fused-ring (bicyclic) bond motifs is 2. The quantitative estimate of drug-likeness (QED) is 0.478. The maximum Gasteiger partial charge on any atom is 0.0404 e. The third-order valence-electron chi connectivity index (χ3n) is 5.74. The number of nitrogens with zero attached hydrogens (tertiary/aromatic N) is 1. The van der Waals surface area contributed by atoms with Crippen LogP contribution in [0.4, 0.5) is 0 Å². The molecule has 23 heavy (non-hydrogen) atoms. The van der Waals surface area contributed by atoms with Crippen molar-refractivity contribution in [3.8, 4) is 0 Å². The summed E-state index contributed by atoms with van der Waals surface area (Å²) in [5.74, 6) is 1.52. The summed E-state index contributed by atoms with van der Waals surface area (Å²) in [5, 5.41) is 0. The predicted molar refractivity (Wildman–Crippen MR) is 102 cm³/mol. The van der Waals surface area contributed by atoms with Crippen molar-refractivity contribution >= 4 is 0 Å². The molecule has 0 N–H and O–H groups in total. The zero-order valence-corrected chi connectivity index (χ0v) is 15.9. The van der Waals surface area contributed by atoms with Gasteiger partial charge in [0.1, 0.15) is 0 Å². The second kappa shape index (κ2) is 8.04. The maximum absolute atomic E-state index is 4.31. The minimum absolute atomic E-state index is 0.634. The normalized spacial score (nSPS) is 25.5. The lowest BCUT2D eigenvalue weighted by atomic mass is 9.85. The first-order valence-corrected chi connectivity index (χ1v) is 9.51. The molecule has 2 aliphatic carbocycles. The fraction of sp³-hybridized carbons (Fsp3) is 0.636. The number of hydrogen-bond donors (Lipinski definition) is 0. The van der Waals surface area contributed by atoms with Crippen LogP contribution in [0.3, 0.4) is 0 Å². The van der Waals surface area contributed by atoms with Gasteiger partial charge in [0.15, 0.2) is 0 Å². The molecule has 0 amide bonds. The van der Waals surface area contributed by atoms with Gasteiger partial charge in [0.25, 0.3) is 0 Å². The Morgan fingerprint density at radius 2 is 1.91 bits per heavy atom. The van der Waals surface area contributed by atoms with Crippen molar-refractivity contribution in [3.63, 3.8) is 0 Å². The van der Waals surface area contributed by atoms with Crippen LogP contribution < -0.4 is 0 Å². The molecule has 0 radical (unpaired) electrons. The van der Waals surface area contributed by atoms with Crippen LogP contribution in [0.25, 0.3) is 0 Å². The standard InChI is InChI=1S/C22H35N/c1-7-10-12-20(23(6)19(9-3)11-8-2)22-18-14-13-17(15-18)21(22)16(4)5/h7,10,12,17-19H,4,8-9,11,13-15H2,1-3,5-6H3/b10-7?,20-12-. The average molecular weight is 314 g/mol. The Kier molecular flexibility index (Phi) is 6.33. The topological polar surface area (TPSA) is 3.24 Å². The van der Waals surface area contributed by atoms with E-state index in [-0.39, 0.29) is 0 Å². The van der Waals surface area contributed by atoms with E-state index in [0.717, 1.165) is 11.8 Å². The molecule has 1 fully saturated rings. The molecule has 128 valence electrons. The van der Waals surface area contributed by atoms with Crippen molar-refractivity contribution in [2.24, 2.45) is 11.8 Å². The van der Waals surface area contributed by atoms with Crippen molar-refractivity contribution in [1.29, 1.82) is 0 Å². The van der Waals surface area contributed by atoms with Gasteiger partial charge in [0.05, 0.1) is 0 Å². The Labute approximate surface area is 143 Å². The van der Waals surface area contributed by atoms with Crippen LogP contribution in [0, 0.1) is 11.8 Å². The zero-order valence-electron chi connectivity index (χ0n) is 15.9. The summed E-state index contributed by atoms with van der Waals surface area (Å²) in [7, 11) is 2.30. The van der Waals surface area contributed by atoms with E-state index in [1.165, 1.54) is 49.8 Å². The largest absolute Gasteiger partial charge is 0.371 e. The molecule has 0 aliphatic heterocycles. The summed E-state index contributed by atoms with van der Waals surface area (Å²) >= 11 is 0. The highest BCUT2D eigenvalue weighted by Crippen LogP contribution is 2.53. The average Bonchev–Trinajstić information content (AvgIpc) is 3.13. The van der Waals surface area contributed by atoms with Crippen molar-refractivity contribution in [2.75, 3.05) is 7.05 Å². The second-order valence-electron chi connectivity index (χ2n) is 7.35. The van der Waals surface area contributed by atoms with E-state index < -0.39 is 0 Å². The molecule has 0 aromatic rings. The molecule has 0 aromatic heterocycles.